The molecule has 112 valence electrons. The number of carbonyl (C=O) groups excluding carboxylic acids is 2. The Kier molecular flexibility index (Phi) is 4.94. The normalized spacial score (nSPS) is 24.0. The van der Waals surface area contributed by atoms with E-state index in [2.05, 4.69) is 0 Å². The van der Waals surface area contributed by atoms with Crippen molar-refractivity contribution in [3.8, 4) is 0 Å². The molecule has 2 rings (SSSR count). The fourth-order valence-electron chi connectivity index (χ4n) is 1.88. The van der Waals surface area contributed by atoms with Crippen molar-refractivity contribution in [2.24, 2.45) is 0 Å². The predicted octanol–water partition coefficient (Wildman–Crippen LogP) is 1.05. The summed E-state index contributed by atoms with van der Waals surface area (Å²) in [7, 11) is 0. The maximum Gasteiger partial charge on any atom is 0.338 e. The van der Waals surface area contributed by atoms with Gasteiger partial charge < -0.3 is 19.3 Å². The molecule has 0 spiro atoms. The highest BCUT2D eigenvalue weighted by molar-refractivity contribution is 5.89. The number of esters is 2. The zero-order chi connectivity index (χ0) is 15.2. The van der Waals surface area contributed by atoms with Gasteiger partial charge >= 0.3 is 11.9 Å². The summed E-state index contributed by atoms with van der Waals surface area (Å²) >= 11 is 0. The summed E-state index contributed by atoms with van der Waals surface area (Å²) in [6, 6.07) is 8.49. The van der Waals surface area contributed by atoms with E-state index in [0.717, 1.165) is 0 Å². The monoisotopic (exact) mass is 292 g/mol. The van der Waals surface area contributed by atoms with E-state index in [1.54, 1.807) is 30.3 Å². The first kappa shape index (κ1) is 15.1. The van der Waals surface area contributed by atoms with Gasteiger partial charge in [0.25, 0.3) is 0 Å². The lowest BCUT2D eigenvalue weighted by Gasteiger charge is -2.30. The number of hydrogen-bond donors (Lipinski definition) is 1. The minimum Gasteiger partial charge on any atom is -0.492 e. The highest BCUT2D eigenvalue weighted by Gasteiger charge is 2.33. The summed E-state index contributed by atoms with van der Waals surface area (Å²) in [4.78, 5) is 22.7. The molecule has 1 aromatic carbocycles. The molecule has 6 heteroatoms. The zero-order valence-corrected chi connectivity index (χ0v) is 11.5. The number of hydrogen-bond acceptors (Lipinski definition) is 6. The Balaban J connectivity index is 1.90. The molecule has 0 fully saturated rings. The molecular formula is C15H16O6. The average molecular weight is 292 g/mol. The van der Waals surface area contributed by atoms with Gasteiger partial charge in [-0.2, -0.15) is 0 Å². The SMILES string of the molecule is CC(=O)O[C@@H]1C=CO[C@H](COC(=O)c2ccccc2)[C@@H]1O. The second kappa shape index (κ2) is 6.90. The van der Waals surface area contributed by atoms with Gasteiger partial charge in [-0.1, -0.05) is 18.2 Å². The summed E-state index contributed by atoms with van der Waals surface area (Å²) in [5.41, 5.74) is 0.412. The Labute approximate surface area is 121 Å². The molecule has 0 saturated heterocycles. The summed E-state index contributed by atoms with van der Waals surface area (Å²) < 4.78 is 15.2. The van der Waals surface area contributed by atoms with E-state index in [0.29, 0.717) is 5.56 Å². The van der Waals surface area contributed by atoms with Crippen LogP contribution in [0.1, 0.15) is 17.3 Å². The summed E-state index contributed by atoms with van der Waals surface area (Å²) in [6.45, 7) is 1.11. The molecule has 0 radical (unpaired) electrons. The molecule has 1 aliphatic heterocycles. The predicted molar refractivity (Wildman–Crippen MR) is 72.3 cm³/mol. The van der Waals surface area contributed by atoms with Crippen molar-refractivity contribution in [2.45, 2.75) is 25.2 Å². The molecule has 0 bridgehead atoms. The van der Waals surface area contributed by atoms with Gasteiger partial charge in [-0.3, -0.25) is 4.79 Å². The van der Waals surface area contributed by atoms with Crippen LogP contribution in [0.15, 0.2) is 42.7 Å². The van der Waals surface area contributed by atoms with Crippen LogP contribution in [0.4, 0.5) is 0 Å². The molecule has 1 heterocycles. The third kappa shape index (κ3) is 4.06. The fourth-order valence-corrected chi connectivity index (χ4v) is 1.88. The van der Waals surface area contributed by atoms with Crippen molar-refractivity contribution in [3.05, 3.63) is 48.2 Å². The number of ether oxygens (including phenoxy) is 3. The van der Waals surface area contributed by atoms with Gasteiger partial charge in [0, 0.05) is 6.92 Å². The molecular weight excluding hydrogens is 276 g/mol. The van der Waals surface area contributed by atoms with E-state index < -0.39 is 30.3 Å². The minimum atomic E-state index is -1.09. The summed E-state index contributed by atoms with van der Waals surface area (Å²) in [6.07, 6.45) is 0.0642. The molecule has 1 N–H and O–H groups in total. The molecule has 1 aliphatic rings. The molecule has 0 amide bonds. The number of aliphatic hydroxyl groups excluding tert-OH is 1. The van der Waals surface area contributed by atoms with Gasteiger partial charge in [-0.15, -0.1) is 0 Å². The first-order valence-corrected chi connectivity index (χ1v) is 6.47. The molecule has 0 aliphatic carbocycles. The topological polar surface area (TPSA) is 82.1 Å². The third-order valence-corrected chi connectivity index (χ3v) is 2.93. The van der Waals surface area contributed by atoms with Crippen molar-refractivity contribution in [1.82, 2.24) is 0 Å². The fraction of sp³-hybridized carbons (Fsp3) is 0.333. The maximum absolute atomic E-state index is 11.8. The van der Waals surface area contributed by atoms with E-state index in [4.69, 9.17) is 14.2 Å². The smallest absolute Gasteiger partial charge is 0.338 e. The highest BCUT2D eigenvalue weighted by atomic mass is 16.6. The van der Waals surface area contributed by atoms with Crippen LogP contribution in [-0.2, 0) is 19.0 Å². The first-order valence-electron chi connectivity index (χ1n) is 6.47. The van der Waals surface area contributed by atoms with Crippen molar-refractivity contribution >= 4 is 11.9 Å². The largest absolute Gasteiger partial charge is 0.492 e. The molecule has 0 unspecified atom stereocenters. The van der Waals surface area contributed by atoms with E-state index in [9.17, 15) is 14.7 Å². The minimum absolute atomic E-state index is 0.142. The third-order valence-electron chi connectivity index (χ3n) is 2.93. The van der Waals surface area contributed by atoms with E-state index in [1.165, 1.54) is 19.3 Å². The van der Waals surface area contributed by atoms with Crippen molar-refractivity contribution in [2.75, 3.05) is 6.61 Å². The lowest BCUT2D eigenvalue weighted by atomic mass is 10.1. The maximum atomic E-state index is 11.8. The van der Waals surface area contributed by atoms with Crippen LogP contribution in [-0.4, -0.2) is 42.0 Å². The van der Waals surface area contributed by atoms with Gasteiger partial charge in [0.1, 0.15) is 12.7 Å². The molecule has 1 aromatic rings. The Hall–Kier alpha value is -2.34. The van der Waals surface area contributed by atoms with Crippen molar-refractivity contribution < 1.29 is 28.9 Å². The van der Waals surface area contributed by atoms with Gasteiger partial charge in [-0.05, 0) is 18.2 Å². The summed E-state index contributed by atoms with van der Waals surface area (Å²) in [5, 5.41) is 10.0. The molecule has 3 atom stereocenters. The number of carbonyl (C=O) groups is 2. The highest BCUT2D eigenvalue weighted by Crippen LogP contribution is 2.16. The quantitative estimate of drug-likeness (QED) is 0.835. The second-order valence-electron chi connectivity index (χ2n) is 4.53. The van der Waals surface area contributed by atoms with E-state index in [-0.39, 0.29) is 6.61 Å². The number of rotatable bonds is 4. The van der Waals surface area contributed by atoms with Crippen LogP contribution in [0.5, 0.6) is 0 Å². The lowest BCUT2D eigenvalue weighted by Crippen LogP contribution is -2.44. The Morgan fingerprint density at radius 2 is 2.00 bits per heavy atom. The standard InChI is InChI=1S/C15H16O6/c1-10(16)21-12-7-8-19-13(14(12)17)9-20-15(18)11-5-3-2-4-6-11/h2-8,12-14,17H,9H2,1H3/t12-,13-,14-/m1/s1. The lowest BCUT2D eigenvalue weighted by molar-refractivity contribution is -0.157. The van der Waals surface area contributed by atoms with E-state index >= 15 is 0 Å². The van der Waals surface area contributed by atoms with Crippen LogP contribution in [0.25, 0.3) is 0 Å². The zero-order valence-electron chi connectivity index (χ0n) is 11.5. The Bertz CT molecular complexity index is 524. The molecule has 0 aromatic heterocycles. The average Bonchev–Trinajstić information content (AvgIpc) is 2.48. The van der Waals surface area contributed by atoms with E-state index in [1.807, 2.05) is 0 Å². The van der Waals surface area contributed by atoms with Gasteiger partial charge in [0.2, 0.25) is 0 Å². The Morgan fingerprint density at radius 3 is 2.67 bits per heavy atom. The van der Waals surface area contributed by atoms with Crippen LogP contribution >= 0.6 is 0 Å². The first-order chi connectivity index (χ1) is 10.1. The number of benzene rings is 1. The van der Waals surface area contributed by atoms with Crippen LogP contribution in [0.3, 0.4) is 0 Å². The Morgan fingerprint density at radius 1 is 1.29 bits per heavy atom. The molecule has 21 heavy (non-hydrogen) atoms. The van der Waals surface area contributed by atoms with Gasteiger partial charge in [0.15, 0.2) is 12.2 Å². The van der Waals surface area contributed by atoms with Gasteiger partial charge in [0.05, 0.1) is 11.8 Å². The van der Waals surface area contributed by atoms with Crippen LogP contribution < -0.4 is 0 Å². The number of aliphatic hydroxyl groups is 1. The van der Waals surface area contributed by atoms with Crippen molar-refractivity contribution in [3.63, 3.8) is 0 Å². The van der Waals surface area contributed by atoms with Crippen LogP contribution in [0.2, 0.25) is 0 Å². The van der Waals surface area contributed by atoms with Crippen LogP contribution in [0, 0.1) is 0 Å². The molecule has 0 saturated carbocycles. The summed E-state index contributed by atoms with van der Waals surface area (Å²) in [5.74, 6) is -1.02. The second-order valence-corrected chi connectivity index (χ2v) is 4.53. The van der Waals surface area contributed by atoms with Gasteiger partial charge in [-0.25, -0.2) is 4.79 Å². The van der Waals surface area contributed by atoms with Crippen molar-refractivity contribution in [1.29, 1.82) is 0 Å². The molecule has 6 nitrogen and oxygen atoms in total.